The maximum Gasteiger partial charge on any atom is 0.283 e. The van der Waals surface area contributed by atoms with Crippen LogP contribution in [-0.2, 0) is 0 Å². The highest BCUT2D eigenvalue weighted by Crippen LogP contribution is 2.17. The zero-order valence-corrected chi connectivity index (χ0v) is 8.52. The van der Waals surface area contributed by atoms with Gasteiger partial charge in [-0.2, -0.15) is 9.78 Å². The topological polar surface area (TPSA) is 74.0 Å². The molecule has 5 nitrogen and oxygen atoms in total. The molecule has 0 atom stereocenters. The number of rotatable bonds is 1. The van der Waals surface area contributed by atoms with E-state index < -0.39 is 0 Å². The van der Waals surface area contributed by atoms with Gasteiger partial charge in [0.25, 0.3) is 5.91 Å². The number of nitrogen functional groups attached to an aromatic ring is 1. The van der Waals surface area contributed by atoms with E-state index in [4.69, 9.17) is 10.2 Å². The lowest BCUT2D eigenvalue weighted by Gasteiger charge is -2.02. The van der Waals surface area contributed by atoms with E-state index in [0.717, 1.165) is 10.2 Å². The van der Waals surface area contributed by atoms with Gasteiger partial charge >= 0.3 is 0 Å². The number of anilines is 1. The second-order valence-corrected chi connectivity index (χ2v) is 3.32. The maximum absolute atomic E-state index is 12.0. The molecule has 0 bridgehead atoms. The van der Waals surface area contributed by atoms with Crippen LogP contribution in [0.3, 0.4) is 0 Å². The highest BCUT2D eigenvalue weighted by Gasteiger charge is 2.19. The molecule has 78 valence electrons. The molecule has 0 aliphatic heterocycles. The molecule has 0 saturated carbocycles. The van der Waals surface area contributed by atoms with Gasteiger partial charge in [0.1, 0.15) is 11.6 Å². The predicted octanol–water partition coefficient (Wildman–Crippen LogP) is 1.36. The van der Waals surface area contributed by atoms with Gasteiger partial charge in [-0.3, -0.25) is 4.79 Å². The molecule has 0 unspecified atom stereocenters. The summed E-state index contributed by atoms with van der Waals surface area (Å²) in [4.78, 5) is 12.0. The number of hydrogen-bond donors (Lipinski definition) is 1. The van der Waals surface area contributed by atoms with Crippen molar-refractivity contribution in [3.8, 4) is 0 Å². The Morgan fingerprint density at radius 1 is 1.53 bits per heavy atom. The third-order valence-electron chi connectivity index (χ3n) is 2.24. The van der Waals surface area contributed by atoms with E-state index in [-0.39, 0.29) is 5.91 Å². The second-order valence-electron chi connectivity index (χ2n) is 3.32. The third kappa shape index (κ3) is 1.41. The molecule has 0 radical (unpaired) electrons. The molecule has 0 aromatic carbocycles. The first kappa shape index (κ1) is 9.51. The van der Waals surface area contributed by atoms with Crippen molar-refractivity contribution >= 4 is 11.7 Å². The number of nitrogens with two attached hydrogens (primary N) is 1. The first-order chi connectivity index (χ1) is 7.11. The highest BCUT2D eigenvalue weighted by molar-refractivity contribution is 5.99. The summed E-state index contributed by atoms with van der Waals surface area (Å²) in [5.74, 6) is 0.633. The van der Waals surface area contributed by atoms with Crippen molar-refractivity contribution in [1.82, 2.24) is 9.78 Å². The smallest absolute Gasteiger partial charge is 0.283 e. The van der Waals surface area contributed by atoms with Gasteiger partial charge in [-0.15, -0.1) is 0 Å². The minimum absolute atomic E-state index is 0.263. The fourth-order valence-electron chi connectivity index (χ4n) is 1.48. The summed E-state index contributed by atoms with van der Waals surface area (Å²) in [7, 11) is 0. The number of carbonyl (C=O) groups is 1. The van der Waals surface area contributed by atoms with Crippen LogP contribution in [0.25, 0.3) is 0 Å². The van der Waals surface area contributed by atoms with Gasteiger partial charge < -0.3 is 10.2 Å². The van der Waals surface area contributed by atoms with Crippen molar-refractivity contribution in [2.45, 2.75) is 13.8 Å². The van der Waals surface area contributed by atoms with Crippen molar-refractivity contribution in [3.63, 3.8) is 0 Å². The second kappa shape index (κ2) is 3.27. The molecule has 2 aromatic heterocycles. The summed E-state index contributed by atoms with van der Waals surface area (Å²) in [6, 6.07) is 1.57. The Labute approximate surface area is 86.5 Å². The minimum atomic E-state index is -0.263. The molecule has 0 saturated heterocycles. The molecule has 5 heteroatoms. The summed E-state index contributed by atoms with van der Waals surface area (Å²) >= 11 is 0. The van der Waals surface area contributed by atoms with Gasteiger partial charge in [0.15, 0.2) is 0 Å². The fraction of sp³-hybridized carbons (Fsp3) is 0.200. The van der Waals surface area contributed by atoms with Gasteiger partial charge in [0.05, 0.1) is 18.0 Å². The van der Waals surface area contributed by atoms with Gasteiger partial charge in [-0.05, 0) is 13.8 Å². The van der Waals surface area contributed by atoms with Crippen molar-refractivity contribution in [2.75, 3.05) is 5.73 Å². The van der Waals surface area contributed by atoms with E-state index >= 15 is 0 Å². The Hall–Kier alpha value is -2.04. The number of carbonyl (C=O) groups excluding carboxylic acids is 1. The Balaban J connectivity index is 2.50. The fourth-order valence-corrected chi connectivity index (χ4v) is 1.48. The Bertz CT molecular complexity index is 491. The highest BCUT2D eigenvalue weighted by atomic mass is 16.3. The van der Waals surface area contributed by atoms with Gasteiger partial charge in [-0.1, -0.05) is 0 Å². The number of aromatic nitrogens is 2. The van der Waals surface area contributed by atoms with Gasteiger partial charge in [0, 0.05) is 11.6 Å². The normalized spacial score (nSPS) is 10.5. The lowest BCUT2D eigenvalue weighted by molar-refractivity contribution is 0.0946. The monoisotopic (exact) mass is 205 g/mol. The van der Waals surface area contributed by atoms with Crippen LogP contribution in [0.5, 0.6) is 0 Å². The van der Waals surface area contributed by atoms with Crippen LogP contribution in [0.15, 0.2) is 22.9 Å². The van der Waals surface area contributed by atoms with Crippen molar-refractivity contribution in [1.29, 1.82) is 0 Å². The number of nitrogens with zero attached hydrogens (tertiary/aromatic N) is 2. The summed E-state index contributed by atoms with van der Waals surface area (Å²) in [6.07, 6.45) is 3.03. The molecule has 0 spiro atoms. The number of furan rings is 1. The summed E-state index contributed by atoms with van der Waals surface area (Å²) < 4.78 is 6.31. The SMILES string of the molecule is Cc1coc(C)c1C(=O)n1nccc1N. The van der Waals surface area contributed by atoms with Crippen molar-refractivity contribution in [3.05, 3.63) is 35.4 Å². The first-order valence-corrected chi connectivity index (χ1v) is 4.50. The zero-order valence-electron chi connectivity index (χ0n) is 8.52. The average Bonchev–Trinajstić information content (AvgIpc) is 2.73. The van der Waals surface area contributed by atoms with Crippen molar-refractivity contribution in [2.24, 2.45) is 0 Å². The van der Waals surface area contributed by atoms with Crippen LogP contribution in [0.2, 0.25) is 0 Å². The van der Waals surface area contributed by atoms with E-state index in [1.165, 1.54) is 6.20 Å². The van der Waals surface area contributed by atoms with Gasteiger partial charge in [-0.25, -0.2) is 0 Å². The molecule has 2 N–H and O–H groups in total. The molecule has 2 heterocycles. The molecule has 0 aliphatic carbocycles. The van der Waals surface area contributed by atoms with E-state index in [9.17, 15) is 4.79 Å². The number of hydrogen-bond acceptors (Lipinski definition) is 4. The van der Waals surface area contributed by atoms with Crippen LogP contribution in [0.4, 0.5) is 5.82 Å². The lowest BCUT2D eigenvalue weighted by atomic mass is 10.1. The van der Waals surface area contributed by atoms with Gasteiger partial charge in [0.2, 0.25) is 0 Å². The molecule has 15 heavy (non-hydrogen) atoms. The average molecular weight is 205 g/mol. The molecular formula is C10H11N3O2. The third-order valence-corrected chi connectivity index (χ3v) is 2.24. The minimum Gasteiger partial charge on any atom is -0.469 e. The molecule has 0 fully saturated rings. The Morgan fingerprint density at radius 2 is 2.27 bits per heavy atom. The van der Waals surface area contributed by atoms with E-state index in [0.29, 0.717) is 17.1 Å². The standard InChI is InChI=1S/C10H11N3O2/c1-6-5-15-7(2)9(6)10(14)13-8(11)3-4-12-13/h3-5H,11H2,1-2H3. The maximum atomic E-state index is 12.0. The molecule has 2 aromatic rings. The zero-order chi connectivity index (χ0) is 11.0. The van der Waals surface area contributed by atoms with E-state index in [1.54, 1.807) is 19.3 Å². The number of aryl methyl sites for hydroxylation is 2. The van der Waals surface area contributed by atoms with E-state index in [2.05, 4.69) is 5.10 Å². The lowest BCUT2D eigenvalue weighted by Crippen LogP contribution is -2.17. The summed E-state index contributed by atoms with van der Waals surface area (Å²) in [6.45, 7) is 3.54. The first-order valence-electron chi connectivity index (χ1n) is 4.50. The quantitative estimate of drug-likeness (QED) is 0.762. The molecule has 2 rings (SSSR count). The van der Waals surface area contributed by atoms with Crippen LogP contribution < -0.4 is 5.73 Å². The summed E-state index contributed by atoms with van der Waals surface area (Å²) in [5, 5.41) is 3.85. The van der Waals surface area contributed by atoms with Crippen LogP contribution in [0, 0.1) is 13.8 Å². The Kier molecular flexibility index (Phi) is 2.07. The predicted molar refractivity (Wildman–Crippen MR) is 54.5 cm³/mol. The van der Waals surface area contributed by atoms with Crippen molar-refractivity contribution < 1.29 is 9.21 Å². The molecule has 0 amide bonds. The van der Waals surface area contributed by atoms with Crippen LogP contribution >= 0.6 is 0 Å². The summed E-state index contributed by atoms with van der Waals surface area (Å²) in [5.41, 5.74) is 6.90. The van der Waals surface area contributed by atoms with Crippen LogP contribution in [0.1, 0.15) is 21.7 Å². The van der Waals surface area contributed by atoms with Crippen LogP contribution in [-0.4, -0.2) is 15.7 Å². The largest absolute Gasteiger partial charge is 0.469 e. The molecular weight excluding hydrogens is 194 g/mol. The van der Waals surface area contributed by atoms with E-state index in [1.807, 2.05) is 6.92 Å². The molecule has 0 aliphatic rings. The Morgan fingerprint density at radius 3 is 2.73 bits per heavy atom.